The van der Waals surface area contributed by atoms with E-state index in [1.807, 2.05) is 17.7 Å². The van der Waals surface area contributed by atoms with Gasteiger partial charge in [-0.25, -0.2) is 9.67 Å². The zero-order valence-electron chi connectivity index (χ0n) is 12.5. The molecule has 20 heavy (non-hydrogen) atoms. The molecule has 0 aromatic carbocycles. The number of nitrogens with one attached hydrogen (secondary N) is 1. The Balaban J connectivity index is 2.43. The van der Waals surface area contributed by atoms with Gasteiger partial charge in [-0.1, -0.05) is 25.4 Å². The van der Waals surface area contributed by atoms with Crippen molar-refractivity contribution in [1.82, 2.24) is 20.1 Å². The lowest BCUT2D eigenvalue weighted by molar-refractivity contribution is 0.722. The highest BCUT2D eigenvalue weighted by Crippen LogP contribution is 2.21. The average Bonchev–Trinajstić information content (AvgIpc) is 2.72. The van der Waals surface area contributed by atoms with E-state index in [0.29, 0.717) is 5.02 Å². The number of hydrogen-bond donors (Lipinski definition) is 1. The van der Waals surface area contributed by atoms with Gasteiger partial charge < -0.3 is 5.32 Å². The predicted molar refractivity (Wildman–Crippen MR) is 82.6 cm³/mol. The summed E-state index contributed by atoms with van der Waals surface area (Å²) in [6.07, 6.45) is 2.68. The summed E-state index contributed by atoms with van der Waals surface area (Å²) < 4.78 is 1.90. The highest BCUT2D eigenvalue weighted by molar-refractivity contribution is 6.31. The molecule has 0 aliphatic heterocycles. The average molecular weight is 293 g/mol. The first-order valence-corrected chi connectivity index (χ1v) is 7.36. The summed E-state index contributed by atoms with van der Waals surface area (Å²) in [6.45, 7) is 9.99. The fourth-order valence-corrected chi connectivity index (χ4v) is 2.56. The van der Waals surface area contributed by atoms with E-state index in [0.717, 1.165) is 42.3 Å². The van der Waals surface area contributed by atoms with E-state index < -0.39 is 0 Å². The quantitative estimate of drug-likeness (QED) is 0.920. The van der Waals surface area contributed by atoms with E-state index in [1.54, 1.807) is 6.20 Å². The molecule has 108 valence electrons. The molecule has 2 aromatic heterocycles. The maximum absolute atomic E-state index is 6.19. The molecule has 0 bridgehead atoms. The van der Waals surface area contributed by atoms with Crippen molar-refractivity contribution in [3.63, 3.8) is 0 Å². The van der Waals surface area contributed by atoms with Crippen molar-refractivity contribution < 1.29 is 0 Å². The number of hydrogen-bond acceptors (Lipinski definition) is 3. The van der Waals surface area contributed by atoms with Gasteiger partial charge >= 0.3 is 0 Å². The lowest BCUT2D eigenvalue weighted by atomic mass is 10.1. The van der Waals surface area contributed by atoms with Gasteiger partial charge in [0.05, 0.1) is 10.7 Å². The Hall–Kier alpha value is -1.39. The minimum atomic E-state index is 0.687. The zero-order valence-corrected chi connectivity index (χ0v) is 13.3. The molecule has 0 fully saturated rings. The highest BCUT2D eigenvalue weighted by atomic mass is 35.5. The van der Waals surface area contributed by atoms with E-state index in [4.69, 9.17) is 11.6 Å². The second-order valence-electron chi connectivity index (χ2n) is 4.83. The second kappa shape index (κ2) is 6.37. The Labute approximate surface area is 125 Å². The van der Waals surface area contributed by atoms with Crippen molar-refractivity contribution in [2.24, 2.45) is 0 Å². The van der Waals surface area contributed by atoms with Gasteiger partial charge in [-0.3, -0.25) is 0 Å². The van der Waals surface area contributed by atoms with E-state index in [1.165, 1.54) is 5.56 Å². The van der Waals surface area contributed by atoms with Gasteiger partial charge in [-0.05, 0) is 44.0 Å². The molecule has 0 radical (unpaired) electrons. The summed E-state index contributed by atoms with van der Waals surface area (Å²) in [7, 11) is 0. The van der Waals surface area contributed by atoms with Gasteiger partial charge in [0.15, 0.2) is 5.82 Å². The van der Waals surface area contributed by atoms with Crippen LogP contribution in [0.5, 0.6) is 0 Å². The number of halogens is 1. The molecule has 0 unspecified atom stereocenters. The molecule has 0 spiro atoms. The molecule has 2 heterocycles. The zero-order chi connectivity index (χ0) is 14.7. The highest BCUT2D eigenvalue weighted by Gasteiger charge is 2.13. The summed E-state index contributed by atoms with van der Waals surface area (Å²) in [5, 5.41) is 8.56. The number of pyridine rings is 1. The molecule has 0 saturated carbocycles. The normalized spacial score (nSPS) is 11.1. The number of aromatic nitrogens is 3. The van der Waals surface area contributed by atoms with E-state index in [9.17, 15) is 0 Å². The summed E-state index contributed by atoms with van der Waals surface area (Å²) in [6, 6.07) is 2.00. The molecule has 5 heteroatoms. The molecule has 0 amide bonds. The minimum absolute atomic E-state index is 0.687. The minimum Gasteiger partial charge on any atom is -0.313 e. The lowest BCUT2D eigenvalue weighted by Crippen LogP contribution is -2.13. The number of nitrogens with zero attached hydrogens (tertiary/aromatic N) is 3. The third kappa shape index (κ3) is 2.86. The van der Waals surface area contributed by atoms with Crippen LogP contribution >= 0.6 is 11.6 Å². The van der Waals surface area contributed by atoms with E-state index in [-0.39, 0.29) is 0 Å². The standard InChI is InChI=1S/C15H21ClN4/c1-5-13-10(3)19-20(11(13)4)15-7-12(8-17-6-2)14(16)9-18-15/h7,9,17H,5-6,8H2,1-4H3. The first-order chi connectivity index (χ1) is 9.58. The maximum Gasteiger partial charge on any atom is 0.154 e. The molecule has 2 aromatic rings. The maximum atomic E-state index is 6.19. The molecule has 0 atom stereocenters. The fourth-order valence-electron chi connectivity index (χ4n) is 2.39. The van der Waals surface area contributed by atoms with Crippen molar-refractivity contribution in [1.29, 1.82) is 0 Å². The van der Waals surface area contributed by atoms with Gasteiger partial charge in [-0.2, -0.15) is 5.10 Å². The Morgan fingerprint density at radius 2 is 2.05 bits per heavy atom. The molecule has 4 nitrogen and oxygen atoms in total. The molecule has 0 aliphatic rings. The first-order valence-electron chi connectivity index (χ1n) is 6.99. The van der Waals surface area contributed by atoms with Crippen LogP contribution in [0.15, 0.2) is 12.3 Å². The SMILES string of the molecule is CCNCc1cc(-n2nc(C)c(CC)c2C)ncc1Cl. The molecule has 0 saturated heterocycles. The van der Waals surface area contributed by atoms with E-state index in [2.05, 4.69) is 36.2 Å². The van der Waals surface area contributed by atoms with Crippen molar-refractivity contribution in [3.05, 3.63) is 39.8 Å². The molecular weight excluding hydrogens is 272 g/mol. The van der Waals surface area contributed by atoms with Crippen LogP contribution in [-0.2, 0) is 13.0 Å². The summed E-state index contributed by atoms with van der Waals surface area (Å²) >= 11 is 6.19. The van der Waals surface area contributed by atoms with E-state index >= 15 is 0 Å². The Morgan fingerprint density at radius 1 is 1.30 bits per heavy atom. The topological polar surface area (TPSA) is 42.7 Å². The second-order valence-corrected chi connectivity index (χ2v) is 5.24. The lowest BCUT2D eigenvalue weighted by Gasteiger charge is -2.09. The van der Waals surface area contributed by atoms with Gasteiger partial charge in [0, 0.05) is 18.4 Å². The Kier molecular flexibility index (Phi) is 4.78. The number of rotatable bonds is 5. The monoisotopic (exact) mass is 292 g/mol. The Morgan fingerprint density at radius 3 is 2.65 bits per heavy atom. The van der Waals surface area contributed by atoms with Crippen LogP contribution in [0.3, 0.4) is 0 Å². The van der Waals surface area contributed by atoms with Crippen LogP contribution < -0.4 is 5.32 Å². The van der Waals surface area contributed by atoms with Gasteiger partial charge in [-0.15, -0.1) is 0 Å². The molecule has 2 rings (SSSR count). The van der Waals surface area contributed by atoms with Crippen molar-refractivity contribution >= 4 is 11.6 Å². The van der Waals surface area contributed by atoms with Crippen LogP contribution in [0.2, 0.25) is 5.02 Å². The fraction of sp³-hybridized carbons (Fsp3) is 0.467. The van der Waals surface area contributed by atoms with Gasteiger partial charge in [0.2, 0.25) is 0 Å². The van der Waals surface area contributed by atoms with Gasteiger partial charge in [0.1, 0.15) is 0 Å². The third-order valence-electron chi connectivity index (χ3n) is 3.50. The van der Waals surface area contributed by atoms with Crippen molar-refractivity contribution in [2.75, 3.05) is 6.54 Å². The predicted octanol–water partition coefficient (Wildman–Crippen LogP) is 3.21. The van der Waals surface area contributed by atoms with Crippen LogP contribution in [0, 0.1) is 13.8 Å². The molecule has 1 N–H and O–H groups in total. The van der Waals surface area contributed by atoms with Gasteiger partial charge in [0.25, 0.3) is 0 Å². The largest absolute Gasteiger partial charge is 0.313 e. The number of aryl methyl sites for hydroxylation is 1. The van der Waals surface area contributed by atoms with Crippen molar-refractivity contribution in [3.8, 4) is 5.82 Å². The smallest absolute Gasteiger partial charge is 0.154 e. The summed E-state index contributed by atoms with van der Waals surface area (Å²) in [4.78, 5) is 4.41. The first kappa shape index (κ1) is 15.0. The third-order valence-corrected chi connectivity index (χ3v) is 3.84. The summed E-state index contributed by atoms with van der Waals surface area (Å²) in [5.74, 6) is 0.822. The van der Waals surface area contributed by atoms with Crippen LogP contribution in [0.1, 0.15) is 36.4 Å². The van der Waals surface area contributed by atoms with Crippen LogP contribution in [-0.4, -0.2) is 21.3 Å². The molecular formula is C15H21ClN4. The van der Waals surface area contributed by atoms with Crippen molar-refractivity contribution in [2.45, 2.75) is 40.7 Å². The summed E-state index contributed by atoms with van der Waals surface area (Å²) in [5.41, 5.74) is 4.54. The van der Waals surface area contributed by atoms with Crippen LogP contribution in [0.25, 0.3) is 5.82 Å². The molecule has 0 aliphatic carbocycles. The van der Waals surface area contributed by atoms with Crippen LogP contribution in [0.4, 0.5) is 0 Å². The Bertz CT molecular complexity index is 604.